The molecule has 0 spiro atoms. The van der Waals surface area contributed by atoms with Crippen LogP contribution in [-0.2, 0) is 6.54 Å². The summed E-state index contributed by atoms with van der Waals surface area (Å²) in [7, 11) is 0. The van der Waals surface area contributed by atoms with Crippen molar-refractivity contribution in [1.82, 2.24) is 4.90 Å². The molecule has 2 nitrogen and oxygen atoms in total. The first-order valence-corrected chi connectivity index (χ1v) is 6.49. The molecule has 0 aliphatic carbocycles. The lowest BCUT2D eigenvalue weighted by Gasteiger charge is -2.27. The Balaban J connectivity index is 2.11. The van der Waals surface area contributed by atoms with Crippen LogP contribution < -0.4 is 5.73 Å². The molecule has 1 unspecified atom stereocenters. The molecule has 0 saturated carbocycles. The summed E-state index contributed by atoms with van der Waals surface area (Å²) in [6, 6.07) is 8.41. The van der Waals surface area contributed by atoms with Crippen LogP contribution in [0.2, 0.25) is 0 Å². The molecule has 1 aliphatic heterocycles. The number of rotatable bonds is 4. The van der Waals surface area contributed by atoms with E-state index in [2.05, 4.69) is 35.7 Å². The van der Waals surface area contributed by atoms with Crippen molar-refractivity contribution >= 4 is 0 Å². The third kappa shape index (κ3) is 3.18. The maximum Gasteiger partial charge on any atom is 0.0481 e. The Bertz CT molecular complexity index is 367. The zero-order valence-electron chi connectivity index (χ0n) is 10.4. The minimum atomic E-state index is -0.0454. The summed E-state index contributed by atoms with van der Waals surface area (Å²) >= 11 is 0. The fraction of sp³-hybridized carbons (Fsp3) is 0.467. The monoisotopic (exact) mass is 230 g/mol. The molecule has 0 radical (unpaired) electrons. The molecule has 1 heterocycles. The van der Waals surface area contributed by atoms with Crippen molar-refractivity contribution in [3.63, 3.8) is 0 Å². The number of nitrogens with zero attached hydrogens (tertiary/aromatic N) is 1. The molecule has 0 aromatic heterocycles. The third-order valence-corrected chi connectivity index (χ3v) is 3.51. The van der Waals surface area contributed by atoms with Gasteiger partial charge in [0.25, 0.3) is 0 Å². The highest BCUT2D eigenvalue weighted by Crippen LogP contribution is 2.20. The Morgan fingerprint density at radius 3 is 2.65 bits per heavy atom. The van der Waals surface area contributed by atoms with Crippen molar-refractivity contribution in [3.8, 4) is 0 Å². The second-order valence-electron chi connectivity index (χ2n) is 4.80. The second-order valence-corrected chi connectivity index (χ2v) is 4.80. The number of nitrogens with two attached hydrogens (primary N) is 1. The van der Waals surface area contributed by atoms with Crippen LogP contribution in [0.4, 0.5) is 0 Å². The van der Waals surface area contributed by atoms with Gasteiger partial charge in [-0.25, -0.2) is 0 Å². The molecule has 2 rings (SSSR count). The van der Waals surface area contributed by atoms with Crippen molar-refractivity contribution < 1.29 is 0 Å². The van der Waals surface area contributed by atoms with Crippen LogP contribution >= 0.6 is 0 Å². The number of hydrogen-bond acceptors (Lipinski definition) is 2. The largest absolute Gasteiger partial charge is 0.321 e. The maximum atomic E-state index is 6.06. The van der Waals surface area contributed by atoms with Crippen molar-refractivity contribution in [1.29, 1.82) is 0 Å². The van der Waals surface area contributed by atoms with E-state index < -0.39 is 0 Å². The lowest BCUT2D eigenvalue weighted by Crippen LogP contribution is -2.29. The van der Waals surface area contributed by atoms with Crippen LogP contribution in [0, 0.1) is 0 Å². The van der Waals surface area contributed by atoms with Gasteiger partial charge in [-0.15, -0.1) is 6.58 Å². The molecule has 0 amide bonds. The van der Waals surface area contributed by atoms with Crippen molar-refractivity contribution in [3.05, 3.63) is 48.0 Å². The van der Waals surface area contributed by atoms with Gasteiger partial charge in [-0.05, 0) is 37.1 Å². The van der Waals surface area contributed by atoms with Crippen LogP contribution in [0.3, 0.4) is 0 Å². The fourth-order valence-electron chi connectivity index (χ4n) is 2.49. The highest BCUT2D eigenvalue weighted by Gasteiger charge is 2.13. The molecule has 17 heavy (non-hydrogen) atoms. The molecule has 1 atom stereocenters. The smallest absolute Gasteiger partial charge is 0.0481 e. The first-order valence-electron chi connectivity index (χ1n) is 6.49. The third-order valence-electron chi connectivity index (χ3n) is 3.51. The summed E-state index contributed by atoms with van der Waals surface area (Å²) in [6.45, 7) is 7.25. The minimum absolute atomic E-state index is 0.0454. The molecule has 2 N–H and O–H groups in total. The summed E-state index contributed by atoms with van der Waals surface area (Å²) in [5.74, 6) is 0. The van der Waals surface area contributed by atoms with E-state index in [9.17, 15) is 0 Å². The SMILES string of the molecule is C=CC(N)c1ccccc1CN1CCCCC1. The van der Waals surface area contributed by atoms with Crippen LogP contribution in [0.25, 0.3) is 0 Å². The standard InChI is InChI=1S/C15H22N2/c1-2-15(16)14-9-5-4-8-13(14)12-17-10-6-3-7-11-17/h2,4-5,8-9,15H,1,3,6-7,10-12,16H2. The molecular formula is C15H22N2. The van der Waals surface area contributed by atoms with Crippen molar-refractivity contribution in [2.75, 3.05) is 13.1 Å². The number of likely N-dealkylation sites (tertiary alicyclic amines) is 1. The van der Waals surface area contributed by atoms with Gasteiger partial charge in [0.2, 0.25) is 0 Å². The molecule has 0 bridgehead atoms. The van der Waals surface area contributed by atoms with E-state index in [1.165, 1.54) is 43.5 Å². The van der Waals surface area contributed by atoms with Gasteiger partial charge in [-0.1, -0.05) is 36.8 Å². The average molecular weight is 230 g/mol. The molecule has 1 saturated heterocycles. The summed E-state index contributed by atoms with van der Waals surface area (Å²) in [4.78, 5) is 2.53. The van der Waals surface area contributed by atoms with E-state index >= 15 is 0 Å². The van der Waals surface area contributed by atoms with Gasteiger partial charge in [-0.3, -0.25) is 4.90 Å². The number of hydrogen-bond donors (Lipinski definition) is 1. The maximum absolute atomic E-state index is 6.06. The Kier molecular flexibility index (Phi) is 4.35. The number of benzene rings is 1. The quantitative estimate of drug-likeness (QED) is 0.806. The van der Waals surface area contributed by atoms with E-state index in [0.29, 0.717) is 0 Å². The second kappa shape index (κ2) is 5.99. The molecule has 1 aromatic carbocycles. The van der Waals surface area contributed by atoms with Gasteiger partial charge < -0.3 is 5.73 Å². The van der Waals surface area contributed by atoms with Gasteiger partial charge in [0.15, 0.2) is 0 Å². The summed E-state index contributed by atoms with van der Waals surface area (Å²) in [5, 5.41) is 0. The average Bonchev–Trinajstić information content (AvgIpc) is 2.40. The summed E-state index contributed by atoms with van der Waals surface area (Å²) in [5.41, 5.74) is 8.63. The fourth-order valence-corrected chi connectivity index (χ4v) is 2.49. The van der Waals surface area contributed by atoms with E-state index in [1.807, 2.05) is 6.08 Å². The van der Waals surface area contributed by atoms with E-state index in [4.69, 9.17) is 5.73 Å². The highest BCUT2D eigenvalue weighted by atomic mass is 15.1. The summed E-state index contributed by atoms with van der Waals surface area (Å²) < 4.78 is 0. The Morgan fingerprint density at radius 1 is 1.24 bits per heavy atom. The van der Waals surface area contributed by atoms with Crippen LogP contribution in [-0.4, -0.2) is 18.0 Å². The Labute approximate surface area is 104 Å². The van der Waals surface area contributed by atoms with E-state index in [-0.39, 0.29) is 6.04 Å². The zero-order valence-corrected chi connectivity index (χ0v) is 10.4. The van der Waals surface area contributed by atoms with E-state index in [0.717, 1.165) is 6.54 Å². The predicted molar refractivity (Wildman–Crippen MR) is 72.7 cm³/mol. The summed E-state index contributed by atoms with van der Waals surface area (Å²) in [6.07, 6.45) is 5.85. The lowest BCUT2D eigenvalue weighted by atomic mass is 9.99. The predicted octanol–water partition coefficient (Wildman–Crippen LogP) is 2.86. The van der Waals surface area contributed by atoms with Crippen LogP contribution in [0.1, 0.15) is 36.4 Å². The molecule has 1 aliphatic rings. The molecule has 2 heteroatoms. The van der Waals surface area contributed by atoms with Crippen LogP contribution in [0.15, 0.2) is 36.9 Å². The van der Waals surface area contributed by atoms with Gasteiger partial charge >= 0.3 is 0 Å². The Morgan fingerprint density at radius 2 is 1.94 bits per heavy atom. The Hall–Kier alpha value is -1.12. The van der Waals surface area contributed by atoms with E-state index in [1.54, 1.807) is 0 Å². The van der Waals surface area contributed by atoms with Gasteiger partial charge in [0, 0.05) is 12.6 Å². The van der Waals surface area contributed by atoms with Gasteiger partial charge in [0.05, 0.1) is 0 Å². The normalized spacial score (nSPS) is 18.9. The van der Waals surface area contributed by atoms with Gasteiger partial charge in [0.1, 0.15) is 0 Å². The molecular weight excluding hydrogens is 208 g/mol. The van der Waals surface area contributed by atoms with Crippen molar-refractivity contribution in [2.45, 2.75) is 31.8 Å². The topological polar surface area (TPSA) is 29.3 Å². The number of piperidine rings is 1. The zero-order chi connectivity index (χ0) is 12.1. The molecule has 92 valence electrons. The molecule has 1 fully saturated rings. The lowest BCUT2D eigenvalue weighted by molar-refractivity contribution is 0.220. The van der Waals surface area contributed by atoms with Crippen molar-refractivity contribution in [2.24, 2.45) is 5.73 Å². The minimum Gasteiger partial charge on any atom is -0.321 e. The highest BCUT2D eigenvalue weighted by molar-refractivity contribution is 5.32. The first kappa shape index (κ1) is 12.3. The first-order chi connectivity index (χ1) is 8.31. The van der Waals surface area contributed by atoms with Crippen LogP contribution in [0.5, 0.6) is 0 Å². The van der Waals surface area contributed by atoms with Gasteiger partial charge in [-0.2, -0.15) is 0 Å². The molecule has 1 aromatic rings.